The largest absolute Gasteiger partial charge is 0.493 e. The van der Waals surface area contributed by atoms with E-state index in [9.17, 15) is 4.79 Å². The van der Waals surface area contributed by atoms with E-state index in [-0.39, 0.29) is 11.7 Å². The van der Waals surface area contributed by atoms with Gasteiger partial charge in [-0.1, -0.05) is 30.0 Å². The van der Waals surface area contributed by atoms with Crippen molar-refractivity contribution >= 4 is 23.4 Å². The van der Waals surface area contributed by atoms with Gasteiger partial charge in [-0.15, -0.1) is 10.2 Å². The summed E-state index contributed by atoms with van der Waals surface area (Å²) < 4.78 is 18.4. The average molecular weight is 519 g/mol. The molecule has 0 radical (unpaired) electrons. The molecule has 0 spiro atoms. The fourth-order valence-corrected chi connectivity index (χ4v) is 4.28. The monoisotopic (exact) mass is 518 g/mol. The summed E-state index contributed by atoms with van der Waals surface area (Å²) in [7, 11) is 4.67. The Bertz CT molecular complexity index is 1370. The molecule has 0 aliphatic heterocycles. The van der Waals surface area contributed by atoms with Gasteiger partial charge in [0.1, 0.15) is 0 Å². The minimum atomic E-state index is -0.268. The smallest absolute Gasteiger partial charge is 0.250 e. The van der Waals surface area contributed by atoms with Crippen molar-refractivity contribution in [3.05, 3.63) is 72.6 Å². The number of carbonyl (C=O) groups excluding carboxylic acids is 1. The molecule has 2 aromatic carbocycles. The number of aromatic nitrogens is 4. The Morgan fingerprint density at radius 2 is 1.65 bits per heavy atom. The van der Waals surface area contributed by atoms with Crippen molar-refractivity contribution in [2.45, 2.75) is 12.1 Å². The van der Waals surface area contributed by atoms with E-state index in [0.717, 1.165) is 11.3 Å². The maximum Gasteiger partial charge on any atom is 0.250 e. The summed E-state index contributed by atoms with van der Waals surface area (Å²) in [4.78, 5) is 16.5. The number of carbonyl (C=O) groups is 1. The third kappa shape index (κ3) is 5.89. The maximum absolute atomic E-state index is 12.6. The number of hydrogen-bond acceptors (Lipinski definition) is 9. The molecule has 0 aliphatic carbocycles. The molecule has 4 aromatic rings. The first kappa shape index (κ1) is 25.7. The van der Waals surface area contributed by atoms with E-state index in [0.29, 0.717) is 39.5 Å². The second-order valence-electron chi connectivity index (χ2n) is 7.65. The number of benzene rings is 2. The normalized spacial score (nSPS) is 11.2. The van der Waals surface area contributed by atoms with Gasteiger partial charge < -0.3 is 14.2 Å². The molecular formula is C26H26N6O4S. The number of ether oxygens (including phenoxy) is 3. The maximum atomic E-state index is 12.6. The number of hydrazone groups is 1. The highest BCUT2D eigenvalue weighted by Gasteiger charge is 2.21. The first-order valence-electron chi connectivity index (χ1n) is 11.2. The summed E-state index contributed by atoms with van der Waals surface area (Å²) >= 11 is 1.25. The first-order valence-corrected chi connectivity index (χ1v) is 12.2. The van der Waals surface area contributed by atoms with E-state index < -0.39 is 0 Å². The lowest BCUT2D eigenvalue weighted by atomic mass is 10.1. The number of rotatable bonds is 10. The van der Waals surface area contributed by atoms with Crippen molar-refractivity contribution in [1.82, 2.24) is 25.2 Å². The van der Waals surface area contributed by atoms with Crippen LogP contribution in [-0.2, 0) is 4.79 Å². The lowest BCUT2D eigenvalue weighted by Gasteiger charge is -2.15. The highest BCUT2D eigenvalue weighted by molar-refractivity contribution is 7.99. The second-order valence-corrected chi connectivity index (χ2v) is 8.59. The Balaban J connectivity index is 1.62. The molecule has 0 aliphatic rings. The van der Waals surface area contributed by atoms with Crippen molar-refractivity contribution in [3.63, 3.8) is 0 Å². The van der Waals surface area contributed by atoms with Crippen LogP contribution < -0.4 is 19.6 Å². The number of amides is 1. The zero-order valence-corrected chi connectivity index (χ0v) is 21.7. The Morgan fingerprint density at radius 3 is 2.27 bits per heavy atom. The number of nitrogens with one attached hydrogen (secondary N) is 1. The number of thioether (sulfide) groups is 1. The van der Waals surface area contributed by atoms with Gasteiger partial charge in [0.2, 0.25) is 5.75 Å². The fourth-order valence-electron chi connectivity index (χ4n) is 3.54. The molecule has 1 N–H and O–H groups in total. The topological polar surface area (TPSA) is 113 Å². The quantitative estimate of drug-likeness (QED) is 0.191. The van der Waals surface area contributed by atoms with Gasteiger partial charge in [0, 0.05) is 29.2 Å². The Morgan fingerprint density at radius 1 is 0.973 bits per heavy atom. The summed E-state index contributed by atoms with van der Waals surface area (Å²) in [5, 5.41) is 13.5. The third-order valence-corrected chi connectivity index (χ3v) is 6.28. The van der Waals surface area contributed by atoms with E-state index in [4.69, 9.17) is 14.2 Å². The van der Waals surface area contributed by atoms with Crippen molar-refractivity contribution < 1.29 is 19.0 Å². The number of para-hydroxylation sites is 1. The summed E-state index contributed by atoms with van der Waals surface area (Å²) in [6, 6.07) is 16.9. The van der Waals surface area contributed by atoms with Crippen LogP contribution in [0.3, 0.4) is 0 Å². The number of methoxy groups -OCH3 is 3. The minimum absolute atomic E-state index is 0.0906. The van der Waals surface area contributed by atoms with Crippen molar-refractivity contribution in [1.29, 1.82) is 0 Å². The molecule has 11 heteroatoms. The van der Waals surface area contributed by atoms with Gasteiger partial charge in [-0.2, -0.15) is 5.10 Å². The zero-order chi connectivity index (χ0) is 26.2. The molecule has 0 unspecified atom stereocenters. The molecule has 190 valence electrons. The van der Waals surface area contributed by atoms with Gasteiger partial charge in [-0.25, -0.2) is 5.43 Å². The Hall–Kier alpha value is -4.38. The molecule has 2 aromatic heterocycles. The molecule has 10 nitrogen and oxygen atoms in total. The van der Waals surface area contributed by atoms with E-state index in [1.807, 2.05) is 66.1 Å². The van der Waals surface area contributed by atoms with Gasteiger partial charge in [-0.3, -0.25) is 14.3 Å². The summed E-state index contributed by atoms with van der Waals surface area (Å²) in [5.41, 5.74) is 5.70. The molecule has 1 amide bonds. The molecule has 0 saturated carbocycles. The first-order chi connectivity index (χ1) is 18.0. The van der Waals surface area contributed by atoms with Crippen LogP contribution in [0.2, 0.25) is 0 Å². The lowest BCUT2D eigenvalue weighted by molar-refractivity contribution is -0.118. The number of pyridine rings is 1. The summed E-state index contributed by atoms with van der Waals surface area (Å²) in [6.07, 6.45) is 3.35. The summed E-state index contributed by atoms with van der Waals surface area (Å²) in [5.74, 6) is 1.85. The van der Waals surface area contributed by atoms with E-state index in [2.05, 4.69) is 25.7 Å². The predicted molar refractivity (Wildman–Crippen MR) is 142 cm³/mol. The van der Waals surface area contributed by atoms with Gasteiger partial charge in [0.15, 0.2) is 22.5 Å². The highest BCUT2D eigenvalue weighted by atomic mass is 32.2. The van der Waals surface area contributed by atoms with Crippen LogP contribution >= 0.6 is 11.8 Å². The number of hydrogen-bond donors (Lipinski definition) is 1. The molecule has 37 heavy (non-hydrogen) atoms. The van der Waals surface area contributed by atoms with Gasteiger partial charge in [-0.05, 0) is 43.3 Å². The molecule has 0 atom stereocenters. The molecular weight excluding hydrogens is 492 g/mol. The van der Waals surface area contributed by atoms with Crippen LogP contribution in [0.5, 0.6) is 17.2 Å². The number of nitrogens with zero attached hydrogens (tertiary/aromatic N) is 5. The van der Waals surface area contributed by atoms with E-state index in [1.165, 1.54) is 11.8 Å². The van der Waals surface area contributed by atoms with Crippen LogP contribution in [-0.4, -0.2) is 58.4 Å². The second kappa shape index (κ2) is 12.0. The fraction of sp³-hybridized carbons (Fsp3) is 0.192. The minimum Gasteiger partial charge on any atom is -0.493 e. The lowest BCUT2D eigenvalue weighted by Crippen LogP contribution is -2.21. The van der Waals surface area contributed by atoms with Crippen molar-refractivity contribution in [2.75, 3.05) is 27.1 Å². The molecule has 2 heterocycles. The Labute approximate surface area is 218 Å². The van der Waals surface area contributed by atoms with E-state index >= 15 is 0 Å². The molecule has 0 bridgehead atoms. The van der Waals surface area contributed by atoms with Crippen LogP contribution in [0.25, 0.3) is 17.1 Å². The van der Waals surface area contributed by atoms with Crippen LogP contribution in [0, 0.1) is 0 Å². The standard InChI is InChI=1S/C26H26N6O4S/c1-17(18-10-12-27-13-11-18)28-29-23(33)16-37-26-31-30-25(32(26)20-8-6-5-7-9-20)19-14-21(34-2)24(36-4)22(15-19)35-3/h5-15H,16H2,1-4H3,(H,29,33). The van der Waals surface area contributed by atoms with Gasteiger partial charge in [0.25, 0.3) is 5.91 Å². The van der Waals surface area contributed by atoms with Gasteiger partial charge in [0.05, 0.1) is 32.8 Å². The Kier molecular flexibility index (Phi) is 8.37. The van der Waals surface area contributed by atoms with Crippen LogP contribution in [0.15, 0.2) is 77.2 Å². The van der Waals surface area contributed by atoms with Gasteiger partial charge >= 0.3 is 0 Å². The summed E-state index contributed by atoms with van der Waals surface area (Å²) in [6.45, 7) is 1.82. The van der Waals surface area contributed by atoms with Crippen LogP contribution in [0.1, 0.15) is 12.5 Å². The van der Waals surface area contributed by atoms with Crippen molar-refractivity contribution in [3.8, 4) is 34.3 Å². The molecule has 0 saturated heterocycles. The van der Waals surface area contributed by atoms with Crippen molar-refractivity contribution in [2.24, 2.45) is 5.10 Å². The van der Waals surface area contributed by atoms with Crippen LogP contribution in [0.4, 0.5) is 0 Å². The zero-order valence-electron chi connectivity index (χ0n) is 20.8. The highest BCUT2D eigenvalue weighted by Crippen LogP contribution is 2.41. The SMILES string of the molecule is COc1cc(-c2nnc(SCC(=O)NN=C(C)c3ccncc3)n2-c2ccccc2)cc(OC)c1OC. The third-order valence-electron chi connectivity index (χ3n) is 5.35. The molecule has 4 rings (SSSR count). The molecule has 0 fully saturated rings. The average Bonchev–Trinajstić information content (AvgIpc) is 3.38. The predicted octanol–water partition coefficient (Wildman–Crippen LogP) is 3.99. The van der Waals surface area contributed by atoms with E-state index in [1.54, 1.807) is 33.7 Å².